The lowest BCUT2D eigenvalue weighted by Gasteiger charge is -2.45. The highest BCUT2D eigenvalue weighted by Crippen LogP contribution is 2.36. The first-order chi connectivity index (χ1) is 17.4. The Morgan fingerprint density at radius 3 is 2.19 bits per heavy atom. The predicted octanol–water partition coefficient (Wildman–Crippen LogP) is 6.24. The van der Waals surface area contributed by atoms with Gasteiger partial charge in [-0.2, -0.15) is 0 Å². The molecule has 2 aliphatic rings. The molecule has 6 heteroatoms. The number of methoxy groups -OCH3 is 1. The molecule has 2 aliphatic heterocycles. The van der Waals surface area contributed by atoms with Gasteiger partial charge < -0.3 is 14.0 Å². The molecule has 2 saturated heterocycles. The number of aryl methyl sites for hydroxylation is 4. The fourth-order valence-electron chi connectivity index (χ4n) is 6.52. The first-order valence-corrected chi connectivity index (χ1v) is 13.5. The fraction of sp³-hybridized carbons (Fsp3) is 0.533. The van der Waals surface area contributed by atoms with Crippen LogP contribution in [0.4, 0.5) is 0 Å². The van der Waals surface area contributed by atoms with Crippen molar-refractivity contribution in [2.75, 3.05) is 33.3 Å². The van der Waals surface area contributed by atoms with Gasteiger partial charge in [0.2, 0.25) is 0 Å². The van der Waals surface area contributed by atoms with E-state index in [4.69, 9.17) is 9.47 Å². The zero-order chi connectivity index (χ0) is 25.3. The van der Waals surface area contributed by atoms with Gasteiger partial charge in [-0.05, 0) is 75.8 Å². The average molecular weight is 490 g/mol. The number of benzene rings is 2. The van der Waals surface area contributed by atoms with Crippen LogP contribution < -0.4 is 9.47 Å². The van der Waals surface area contributed by atoms with Crippen LogP contribution in [0.15, 0.2) is 30.5 Å². The summed E-state index contributed by atoms with van der Waals surface area (Å²) < 4.78 is 15.5. The largest absolute Gasteiger partial charge is 0.496 e. The molecule has 0 amide bonds. The summed E-state index contributed by atoms with van der Waals surface area (Å²) >= 11 is 0. The van der Waals surface area contributed by atoms with Crippen LogP contribution >= 0.6 is 0 Å². The Bertz CT molecular complexity index is 1190. The molecule has 0 aliphatic carbocycles. The van der Waals surface area contributed by atoms with Gasteiger partial charge in [-0.15, -0.1) is 5.10 Å². The normalized spacial score (nSPS) is 17.9. The van der Waals surface area contributed by atoms with Gasteiger partial charge in [-0.3, -0.25) is 0 Å². The van der Waals surface area contributed by atoms with Crippen molar-refractivity contribution in [1.82, 2.24) is 15.0 Å². The minimum absolute atomic E-state index is 0.523. The van der Waals surface area contributed by atoms with Gasteiger partial charge in [0.25, 0.3) is 0 Å². The molecule has 5 rings (SSSR count). The van der Waals surface area contributed by atoms with E-state index in [0.717, 1.165) is 45.2 Å². The van der Waals surface area contributed by atoms with Crippen molar-refractivity contribution in [1.29, 1.82) is 0 Å². The molecule has 0 unspecified atom stereocenters. The second kappa shape index (κ2) is 10.3. The van der Waals surface area contributed by atoms with E-state index in [0.29, 0.717) is 12.5 Å². The topological polar surface area (TPSA) is 49.2 Å². The number of hydrogen-bond donors (Lipinski definition) is 0. The number of rotatable bonds is 6. The second-order valence-corrected chi connectivity index (χ2v) is 11.2. The minimum Gasteiger partial charge on any atom is -0.496 e. The lowest BCUT2D eigenvalue weighted by molar-refractivity contribution is -0.937. The van der Waals surface area contributed by atoms with Gasteiger partial charge in [-0.1, -0.05) is 22.9 Å². The maximum Gasteiger partial charge on any atom is 0.133 e. The molecule has 0 atom stereocenters. The molecule has 0 saturated carbocycles. The highest BCUT2D eigenvalue weighted by molar-refractivity contribution is 5.50. The first-order valence-electron chi connectivity index (χ1n) is 13.5. The molecule has 36 heavy (non-hydrogen) atoms. The van der Waals surface area contributed by atoms with Crippen LogP contribution in [0.5, 0.6) is 17.2 Å². The Balaban J connectivity index is 1.32. The predicted molar refractivity (Wildman–Crippen MR) is 143 cm³/mol. The summed E-state index contributed by atoms with van der Waals surface area (Å²) in [6.45, 7) is 14.3. The zero-order valence-electron chi connectivity index (χ0n) is 22.6. The lowest BCUT2D eigenvalue weighted by atomic mass is 9.90. The van der Waals surface area contributed by atoms with Gasteiger partial charge in [0.1, 0.15) is 17.2 Å². The Morgan fingerprint density at radius 2 is 1.53 bits per heavy atom. The van der Waals surface area contributed by atoms with E-state index in [9.17, 15) is 0 Å². The molecule has 0 N–H and O–H groups in total. The summed E-state index contributed by atoms with van der Waals surface area (Å²) in [5, 5.41) is 9.12. The van der Waals surface area contributed by atoms with Crippen LogP contribution in [-0.4, -0.2) is 52.8 Å². The highest BCUT2D eigenvalue weighted by Gasteiger charge is 2.36. The van der Waals surface area contributed by atoms with Crippen LogP contribution in [0.25, 0.3) is 0 Å². The maximum atomic E-state index is 6.41. The molecule has 0 radical (unpaired) electrons. The van der Waals surface area contributed by atoms with E-state index < -0.39 is 0 Å². The Kier molecular flexibility index (Phi) is 7.07. The molecular weight excluding hydrogens is 448 g/mol. The third-order valence-corrected chi connectivity index (χ3v) is 8.33. The van der Waals surface area contributed by atoms with Crippen molar-refractivity contribution in [2.24, 2.45) is 0 Å². The standard InChI is InChI=1S/C30H41N4O2/c1-21-15-22(2)29(23(3)16-21)36-27-17-24(4)30(35-5)26(18-27)19-33-20-28(31-32-33)25-9-13-34(14-10-25)11-7-6-8-12-34/h15-18,20,25H,6-14,19H2,1-5H3/q+1. The Morgan fingerprint density at radius 1 is 0.861 bits per heavy atom. The Labute approximate surface area is 215 Å². The van der Waals surface area contributed by atoms with E-state index in [1.54, 1.807) is 7.11 Å². The van der Waals surface area contributed by atoms with Gasteiger partial charge in [0, 0.05) is 30.5 Å². The van der Waals surface area contributed by atoms with Crippen LogP contribution in [0.2, 0.25) is 0 Å². The van der Waals surface area contributed by atoms with E-state index in [2.05, 4.69) is 68.5 Å². The number of nitrogens with zero attached hydrogens (tertiary/aromatic N) is 4. The molecule has 2 fully saturated rings. The summed E-state index contributed by atoms with van der Waals surface area (Å²) in [5.74, 6) is 3.15. The maximum absolute atomic E-state index is 6.41. The third-order valence-electron chi connectivity index (χ3n) is 8.33. The average Bonchev–Trinajstić information content (AvgIpc) is 3.31. The van der Waals surface area contributed by atoms with Crippen molar-refractivity contribution in [3.63, 3.8) is 0 Å². The molecule has 1 aromatic heterocycles. The van der Waals surface area contributed by atoms with Gasteiger partial charge in [-0.25, -0.2) is 4.68 Å². The van der Waals surface area contributed by atoms with E-state index >= 15 is 0 Å². The van der Waals surface area contributed by atoms with Crippen molar-refractivity contribution in [3.05, 3.63) is 64.0 Å². The highest BCUT2D eigenvalue weighted by atomic mass is 16.5. The van der Waals surface area contributed by atoms with Crippen molar-refractivity contribution >= 4 is 0 Å². The zero-order valence-corrected chi connectivity index (χ0v) is 22.6. The molecule has 6 nitrogen and oxygen atoms in total. The molecule has 1 spiro atoms. The molecule has 3 heterocycles. The number of hydrogen-bond acceptors (Lipinski definition) is 4. The van der Waals surface area contributed by atoms with Gasteiger partial charge in [0.15, 0.2) is 0 Å². The number of ether oxygens (including phenoxy) is 2. The molecule has 3 aromatic rings. The second-order valence-electron chi connectivity index (χ2n) is 11.2. The van der Waals surface area contributed by atoms with Gasteiger partial charge in [0.05, 0.1) is 45.5 Å². The number of quaternary nitrogens is 1. The Hall–Kier alpha value is -2.86. The van der Waals surface area contributed by atoms with Crippen LogP contribution in [-0.2, 0) is 6.54 Å². The van der Waals surface area contributed by atoms with E-state index in [1.807, 2.05) is 4.68 Å². The summed E-state index contributed by atoms with van der Waals surface area (Å²) in [4.78, 5) is 0. The molecular formula is C30H41N4O2+. The summed E-state index contributed by atoms with van der Waals surface area (Å²) in [5.41, 5.74) is 6.77. The molecule has 192 valence electrons. The third kappa shape index (κ3) is 5.15. The summed E-state index contributed by atoms with van der Waals surface area (Å²) in [6, 6.07) is 8.46. The molecule has 0 bridgehead atoms. The van der Waals surface area contributed by atoms with Crippen molar-refractivity contribution in [3.8, 4) is 17.2 Å². The van der Waals surface area contributed by atoms with Crippen LogP contribution in [0.1, 0.15) is 71.5 Å². The molecule has 2 aromatic carbocycles. The van der Waals surface area contributed by atoms with Crippen molar-refractivity contribution in [2.45, 2.75) is 72.3 Å². The number of piperidine rings is 2. The monoisotopic (exact) mass is 489 g/mol. The summed E-state index contributed by atoms with van der Waals surface area (Å²) in [6.07, 6.45) is 8.80. The smallest absolute Gasteiger partial charge is 0.133 e. The number of aromatic nitrogens is 3. The SMILES string of the molecule is COc1c(C)cc(Oc2c(C)cc(C)cc2C)cc1Cn1cc(C2CC[N+]3(CCCCC3)CC2)nn1. The quantitative estimate of drug-likeness (QED) is 0.385. The van der Waals surface area contributed by atoms with Crippen LogP contribution in [0, 0.1) is 27.7 Å². The van der Waals surface area contributed by atoms with E-state index in [-0.39, 0.29) is 0 Å². The van der Waals surface area contributed by atoms with Gasteiger partial charge >= 0.3 is 0 Å². The first kappa shape index (κ1) is 24.8. The lowest BCUT2D eigenvalue weighted by Crippen LogP contribution is -2.55. The van der Waals surface area contributed by atoms with E-state index in [1.165, 1.54) is 68.3 Å². The fourth-order valence-corrected chi connectivity index (χ4v) is 6.52. The van der Waals surface area contributed by atoms with Crippen LogP contribution in [0.3, 0.4) is 0 Å². The minimum atomic E-state index is 0.523. The van der Waals surface area contributed by atoms with Crippen molar-refractivity contribution < 1.29 is 14.0 Å². The summed E-state index contributed by atoms with van der Waals surface area (Å²) in [7, 11) is 1.73.